The van der Waals surface area contributed by atoms with Gasteiger partial charge in [-0.3, -0.25) is 19.7 Å². The second-order valence-electron chi connectivity index (χ2n) is 18.9. The van der Waals surface area contributed by atoms with Crippen molar-refractivity contribution in [1.29, 1.82) is 0 Å². The second kappa shape index (κ2) is 26.7. The number of anilines is 2. The minimum Gasteiger partial charge on any atom is -0.486 e. The summed E-state index contributed by atoms with van der Waals surface area (Å²) in [6.45, 7) is 10.1. The van der Waals surface area contributed by atoms with Gasteiger partial charge in [-0.15, -0.1) is 11.6 Å². The van der Waals surface area contributed by atoms with E-state index in [2.05, 4.69) is 10.6 Å². The molecule has 0 saturated heterocycles. The molecule has 0 fully saturated rings. The molecule has 0 bridgehead atoms. The van der Waals surface area contributed by atoms with E-state index in [9.17, 15) is 50.3 Å². The van der Waals surface area contributed by atoms with Crippen LogP contribution in [0.1, 0.15) is 74.2 Å². The number of alkyl halides is 7. The highest BCUT2D eigenvalue weighted by molar-refractivity contribution is 6.31. The first-order valence-electron chi connectivity index (χ1n) is 23.5. The highest BCUT2D eigenvalue weighted by Gasteiger charge is 2.34. The highest BCUT2D eigenvalue weighted by Crippen LogP contribution is 2.37. The van der Waals surface area contributed by atoms with Crippen LogP contribution in [0.5, 0.6) is 11.5 Å². The molecule has 0 unspecified atom stereocenters. The first kappa shape index (κ1) is 61.3. The number of ketones is 1. The van der Waals surface area contributed by atoms with Crippen molar-refractivity contribution in [2.45, 2.75) is 77.4 Å². The van der Waals surface area contributed by atoms with Gasteiger partial charge in [-0.05, 0) is 155 Å². The van der Waals surface area contributed by atoms with Crippen molar-refractivity contribution in [3.8, 4) is 22.8 Å². The van der Waals surface area contributed by atoms with E-state index in [0.717, 1.165) is 35.2 Å². The maximum atomic E-state index is 13.0. The van der Waals surface area contributed by atoms with Crippen LogP contribution in [0.15, 0.2) is 140 Å². The van der Waals surface area contributed by atoms with Gasteiger partial charge in [0.1, 0.15) is 35.6 Å². The van der Waals surface area contributed by atoms with Gasteiger partial charge in [-0.1, -0.05) is 65.7 Å². The second-order valence-corrected chi connectivity index (χ2v) is 20.0. The van der Waals surface area contributed by atoms with Crippen molar-refractivity contribution in [2.24, 2.45) is 0 Å². The Balaban J connectivity index is 0.000000239. The fourth-order valence-corrected chi connectivity index (χ4v) is 7.60. The summed E-state index contributed by atoms with van der Waals surface area (Å²) in [5, 5.41) is 5.03. The summed E-state index contributed by atoms with van der Waals surface area (Å²) < 4.78 is 100. The number of Topliss-reactive ketones (excluding diaryl/α,β-unsaturated/α-hetero) is 1. The number of aldehydes is 1. The van der Waals surface area contributed by atoms with Crippen LogP contribution in [0.3, 0.4) is 0 Å². The number of fused-ring (bicyclic) bond motifs is 1. The quantitative estimate of drug-likeness (QED) is 0.0653. The Morgan fingerprint density at radius 1 is 0.615 bits per heavy atom. The number of para-hydroxylation sites is 2. The fourth-order valence-electron chi connectivity index (χ4n) is 6.92. The summed E-state index contributed by atoms with van der Waals surface area (Å²) in [4.78, 5) is 59.2. The first-order valence-corrected chi connectivity index (χ1v) is 24.8. The number of amides is 2. The van der Waals surface area contributed by atoms with Crippen LogP contribution >= 0.6 is 34.8 Å². The molecule has 0 spiro atoms. The van der Waals surface area contributed by atoms with Crippen molar-refractivity contribution in [2.75, 3.05) is 23.8 Å². The molecule has 1 heterocycles. The largest absolute Gasteiger partial charge is 0.486 e. The SMILES string of the molecule is CC(C)(C)OC(=O)Nc1ccccc1CCl.CC(C)(C)OC(=O)n1c(-c2ccc(OCC(=O)Nc3ccc(Cl)c(C(F)(F)F)c3)cc2)cc2ccccc21.O=Cc1ccc(OCC(=O)Cc2ccc(Cl)c(C(F)(F)F)c2)cc1. The standard InChI is InChI=1S/C28H24ClF3N2O4.C17H12ClF3O3.C12H16ClNO2/c1-27(2,3)38-26(36)34-23-7-5-4-6-18(23)14-24(34)17-8-11-20(12-9-17)37-16-25(35)33-19-10-13-22(29)21(15-19)28(30,31)32;18-16-6-3-12(8-15(16)17(19,20)21)7-13(23)10-24-14-4-1-11(9-22)2-5-14;1-12(2,3)16-11(15)14-10-7-5-4-6-9(10)8-13/h4-15H,16H2,1-3H3,(H,33,35);1-6,8-9H,7,10H2;4-7H,8H2,1-3H3,(H,14,15). The molecule has 1 aromatic heterocycles. The molecule has 0 aliphatic rings. The van der Waals surface area contributed by atoms with Crippen LogP contribution in [-0.2, 0) is 43.7 Å². The maximum Gasteiger partial charge on any atom is 0.419 e. The number of carbonyl (C=O) groups is 5. The summed E-state index contributed by atoms with van der Waals surface area (Å²) in [6.07, 6.45) is -9.73. The van der Waals surface area contributed by atoms with Crippen molar-refractivity contribution in [1.82, 2.24) is 4.57 Å². The van der Waals surface area contributed by atoms with Gasteiger partial charge in [0.15, 0.2) is 12.4 Å². The van der Waals surface area contributed by atoms with Crippen molar-refractivity contribution >= 4 is 87.2 Å². The van der Waals surface area contributed by atoms with Crippen LogP contribution in [0.25, 0.3) is 22.2 Å². The van der Waals surface area contributed by atoms with Gasteiger partial charge in [0.05, 0.1) is 32.4 Å². The minimum atomic E-state index is -4.65. The lowest BCUT2D eigenvalue weighted by Gasteiger charge is -2.21. The van der Waals surface area contributed by atoms with Crippen LogP contribution in [0.2, 0.25) is 10.0 Å². The molecule has 412 valence electrons. The van der Waals surface area contributed by atoms with Gasteiger partial charge in [-0.2, -0.15) is 26.3 Å². The summed E-state index contributed by atoms with van der Waals surface area (Å²) in [5.74, 6) is 0.0721. The molecule has 2 N–H and O–H groups in total. The molecule has 7 rings (SSSR count). The van der Waals surface area contributed by atoms with Crippen molar-refractivity contribution < 1.29 is 69.3 Å². The fraction of sp³-hybridized carbons (Fsp3) is 0.246. The maximum absolute atomic E-state index is 13.0. The van der Waals surface area contributed by atoms with Gasteiger partial charge in [0.2, 0.25) is 0 Å². The topological polar surface area (TPSA) is 151 Å². The Hall–Kier alpha value is -7.54. The Morgan fingerprint density at radius 3 is 1.76 bits per heavy atom. The summed E-state index contributed by atoms with van der Waals surface area (Å²) in [5.41, 5.74) is 1.01. The molecule has 0 aliphatic carbocycles. The Morgan fingerprint density at radius 2 is 1.17 bits per heavy atom. The molecule has 6 aromatic carbocycles. The summed E-state index contributed by atoms with van der Waals surface area (Å²) in [7, 11) is 0. The van der Waals surface area contributed by atoms with E-state index in [1.165, 1.54) is 41.0 Å². The van der Waals surface area contributed by atoms with E-state index in [1.807, 2.05) is 69.3 Å². The monoisotopic (exact) mass is 1140 g/mol. The number of rotatable bonds is 13. The number of ether oxygens (including phenoxy) is 4. The number of benzene rings is 6. The van der Waals surface area contributed by atoms with E-state index in [0.29, 0.717) is 51.7 Å². The molecule has 2 amide bonds. The molecule has 12 nitrogen and oxygen atoms in total. The van der Waals surface area contributed by atoms with E-state index in [-0.39, 0.29) is 30.1 Å². The summed E-state index contributed by atoms with van der Waals surface area (Å²) in [6, 6.07) is 36.0. The molecule has 0 radical (unpaired) electrons. The smallest absolute Gasteiger partial charge is 0.419 e. The highest BCUT2D eigenvalue weighted by atomic mass is 35.5. The van der Waals surface area contributed by atoms with E-state index in [1.54, 1.807) is 51.1 Å². The van der Waals surface area contributed by atoms with E-state index < -0.39 is 69.4 Å². The number of hydrogen-bond donors (Lipinski definition) is 2. The van der Waals surface area contributed by atoms with Crippen LogP contribution in [-0.4, -0.2) is 59.1 Å². The average molecular weight is 1140 g/mol. The van der Waals surface area contributed by atoms with Crippen LogP contribution in [0, 0.1) is 0 Å². The van der Waals surface area contributed by atoms with Gasteiger partial charge in [0, 0.05) is 34.6 Å². The van der Waals surface area contributed by atoms with Crippen molar-refractivity contribution in [3.05, 3.63) is 177 Å². The Kier molecular flexibility index (Phi) is 21.0. The predicted molar refractivity (Wildman–Crippen MR) is 288 cm³/mol. The third-order valence-electron chi connectivity index (χ3n) is 10.3. The molecule has 21 heteroatoms. The number of nitrogens with one attached hydrogen (secondary N) is 2. The van der Waals surface area contributed by atoms with Gasteiger partial charge in [0.25, 0.3) is 5.91 Å². The molecule has 7 aromatic rings. The number of halogens is 9. The van der Waals surface area contributed by atoms with E-state index >= 15 is 0 Å². The number of hydrogen-bond acceptors (Lipinski definition) is 9. The van der Waals surface area contributed by atoms with Crippen LogP contribution in [0.4, 0.5) is 47.3 Å². The first-order chi connectivity index (χ1) is 36.5. The number of nitrogens with zero attached hydrogens (tertiary/aromatic N) is 1. The lowest BCUT2D eigenvalue weighted by Crippen LogP contribution is -2.27. The van der Waals surface area contributed by atoms with Gasteiger partial charge >= 0.3 is 24.5 Å². The third-order valence-corrected chi connectivity index (χ3v) is 11.3. The van der Waals surface area contributed by atoms with Crippen LogP contribution < -0.4 is 20.1 Å². The number of carbonyl (C=O) groups excluding carboxylic acids is 5. The zero-order chi connectivity index (χ0) is 57.6. The van der Waals surface area contributed by atoms with Gasteiger partial charge in [-0.25, -0.2) is 14.2 Å². The normalized spacial score (nSPS) is 11.5. The van der Waals surface area contributed by atoms with Gasteiger partial charge < -0.3 is 24.3 Å². The van der Waals surface area contributed by atoms with E-state index in [4.69, 9.17) is 53.8 Å². The number of aromatic nitrogens is 1. The van der Waals surface area contributed by atoms with Crippen molar-refractivity contribution in [3.63, 3.8) is 0 Å². The molecule has 0 saturated carbocycles. The Labute approximate surface area is 460 Å². The lowest BCUT2D eigenvalue weighted by molar-refractivity contribution is -0.138. The molecule has 78 heavy (non-hydrogen) atoms. The predicted octanol–water partition coefficient (Wildman–Crippen LogP) is 15.9. The lowest BCUT2D eigenvalue weighted by atomic mass is 10.1. The molecular formula is C57H52Cl3F6N3O9. The molecule has 0 aliphatic heterocycles. The zero-order valence-corrected chi connectivity index (χ0v) is 45.0. The zero-order valence-electron chi connectivity index (χ0n) is 42.7. The molecular weight excluding hydrogens is 1090 g/mol. The Bertz CT molecular complexity index is 3220. The average Bonchev–Trinajstić information content (AvgIpc) is 3.76. The minimum absolute atomic E-state index is 0.0550. The molecule has 0 atom stereocenters. The summed E-state index contributed by atoms with van der Waals surface area (Å²) >= 11 is 16.9. The third kappa shape index (κ3) is 18.9.